The standard InChI is InChI=1S/C17H18BrNO2/c1-11-7-14(20-2)4-5-16(11)19-10-15-9-12-8-13(18)3-6-17(12)21-15/h3-8,15,19H,9-10H2,1-2H3. The van der Waals surface area contributed by atoms with Crippen molar-refractivity contribution < 1.29 is 9.47 Å². The van der Waals surface area contributed by atoms with E-state index in [2.05, 4.69) is 34.2 Å². The Kier molecular flexibility index (Phi) is 4.06. The van der Waals surface area contributed by atoms with E-state index in [-0.39, 0.29) is 6.10 Å². The number of rotatable bonds is 4. The number of hydrogen-bond donors (Lipinski definition) is 1. The van der Waals surface area contributed by atoms with E-state index in [0.29, 0.717) is 0 Å². The summed E-state index contributed by atoms with van der Waals surface area (Å²) in [5.74, 6) is 1.88. The van der Waals surface area contributed by atoms with Crippen molar-refractivity contribution in [2.24, 2.45) is 0 Å². The van der Waals surface area contributed by atoms with Gasteiger partial charge in [0.15, 0.2) is 0 Å². The van der Waals surface area contributed by atoms with E-state index >= 15 is 0 Å². The first kappa shape index (κ1) is 14.3. The number of halogens is 1. The number of nitrogens with one attached hydrogen (secondary N) is 1. The SMILES string of the molecule is COc1ccc(NCC2Cc3cc(Br)ccc3O2)c(C)c1. The molecule has 1 N–H and O–H groups in total. The van der Waals surface area contributed by atoms with Crippen LogP contribution in [0.4, 0.5) is 5.69 Å². The molecule has 1 atom stereocenters. The molecule has 2 aromatic rings. The maximum Gasteiger partial charge on any atom is 0.123 e. The second-order valence-electron chi connectivity index (χ2n) is 5.26. The maximum atomic E-state index is 5.96. The van der Waals surface area contributed by atoms with Crippen LogP contribution in [0.3, 0.4) is 0 Å². The lowest BCUT2D eigenvalue weighted by Gasteiger charge is -2.15. The van der Waals surface area contributed by atoms with Gasteiger partial charge in [-0.2, -0.15) is 0 Å². The van der Waals surface area contributed by atoms with Crippen LogP contribution in [0.1, 0.15) is 11.1 Å². The van der Waals surface area contributed by atoms with Gasteiger partial charge in [-0.3, -0.25) is 0 Å². The van der Waals surface area contributed by atoms with Crippen molar-refractivity contribution in [1.82, 2.24) is 0 Å². The van der Waals surface area contributed by atoms with Crippen LogP contribution in [-0.2, 0) is 6.42 Å². The van der Waals surface area contributed by atoms with Crippen LogP contribution >= 0.6 is 15.9 Å². The maximum absolute atomic E-state index is 5.96. The van der Waals surface area contributed by atoms with Crippen molar-refractivity contribution in [2.75, 3.05) is 19.0 Å². The number of benzene rings is 2. The van der Waals surface area contributed by atoms with Gasteiger partial charge < -0.3 is 14.8 Å². The highest BCUT2D eigenvalue weighted by molar-refractivity contribution is 9.10. The molecule has 0 radical (unpaired) electrons. The first-order valence-electron chi connectivity index (χ1n) is 6.99. The second kappa shape index (κ2) is 5.98. The van der Waals surface area contributed by atoms with Crippen LogP contribution in [0.15, 0.2) is 40.9 Å². The fourth-order valence-corrected chi connectivity index (χ4v) is 3.00. The van der Waals surface area contributed by atoms with Gasteiger partial charge in [0.25, 0.3) is 0 Å². The van der Waals surface area contributed by atoms with Gasteiger partial charge in [0.2, 0.25) is 0 Å². The molecule has 3 nitrogen and oxygen atoms in total. The van der Waals surface area contributed by atoms with Crippen molar-refractivity contribution in [1.29, 1.82) is 0 Å². The summed E-state index contributed by atoms with van der Waals surface area (Å²) < 4.78 is 12.3. The fourth-order valence-electron chi connectivity index (χ4n) is 2.59. The van der Waals surface area contributed by atoms with Gasteiger partial charge in [-0.15, -0.1) is 0 Å². The zero-order valence-corrected chi connectivity index (χ0v) is 13.7. The fraction of sp³-hybridized carbons (Fsp3) is 0.294. The van der Waals surface area contributed by atoms with Crippen molar-refractivity contribution in [3.63, 3.8) is 0 Å². The summed E-state index contributed by atoms with van der Waals surface area (Å²) in [5.41, 5.74) is 3.56. The van der Waals surface area contributed by atoms with E-state index in [9.17, 15) is 0 Å². The summed E-state index contributed by atoms with van der Waals surface area (Å²) in [6.45, 7) is 2.87. The van der Waals surface area contributed by atoms with Gasteiger partial charge >= 0.3 is 0 Å². The monoisotopic (exact) mass is 347 g/mol. The van der Waals surface area contributed by atoms with Crippen LogP contribution in [0.2, 0.25) is 0 Å². The molecule has 0 saturated heterocycles. The Bertz CT molecular complexity index is 657. The molecule has 0 aromatic heterocycles. The first-order valence-corrected chi connectivity index (χ1v) is 7.78. The topological polar surface area (TPSA) is 30.5 Å². The first-order chi connectivity index (χ1) is 10.2. The quantitative estimate of drug-likeness (QED) is 0.899. The minimum Gasteiger partial charge on any atom is -0.497 e. The minimum atomic E-state index is 0.177. The molecular weight excluding hydrogens is 330 g/mol. The summed E-state index contributed by atoms with van der Waals surface area (Å²) >= 11 is 3.50. The van der Waals surface area contributed by atoms with Crippen molar-refractivity contribution in [2.45, 2.75) is 19.4 Å². The molecule has 4 heteroatoms. The van der Waals surface area contributed by atoms with Crippen LogP contribution in [0.25, 0.3) is 0 Å². The summed E-state index contributed by atoms with van der Waals surface area (Å²) in [6.07, 6.45) is 1.12. The van der Waals surface area contributed by atoms with Gasteiger partial charge in [-0.25, -0.2) is 0 Å². The third kappa shape index (κ3) is 3.16. The summed E-state index contributed by atoms with van der Waals surface area (Å²) in [6, 6.07) is 12.2. The highest BCUT2D eigenvalue weighted by Gasteiger charge is 2.22. The van der Waals surface area contributed by atoms with E-state index in [1.54, 1.807) is 7.11 Å². The van der Waals surface area contributed by atoms with E-state index in [4.69, 9.17) is 9.47 Å². The van der Waals surface area contributed by atoms with Crippen LogP contribution in [0.5, 0.6) is 11.5 Å². The normalized spacial score (nSPS) is 16.2. The summed E-state index contributed by atoms with van der Waals surface area (Å²) in [7, 11) is 1.68. The van der Waals surface area contributed by atoms with Gasteiger partial charge in [-0.05, 0) is 54.4 Å². The Morgan fingerprint density at radius 2 is 2.14 bits per heavy atom. The zero-order chi connectivity index (χ0) is 14.8. The lowest BCUT2D eigenvalue weighted by molar-refractivity contribution is 0.246. The van der Waals surface area contributed by atoms with E-state index in [1.807, 2.05) is 30.3 Å². The molecular formula is C17H18BrNO2. The van der Waals surface area contributed by atoms with Crippen LogP contribution in [-0.4, -0.2) is 19.8 Å². The third-order valence-electron chi connectivity index (χ3n) is 3.72. The molecule has 110 valence electrons. The van der Waals surface area contributed by atoms with Crippen LogP contribution < -0.4 is 14.8 Å². The van der Waals surface area contributed by atoms with Crippen LogP contribution in [0, 0.1) is 6.92 Å². The Morgan fingerprint density at radius 1 is 1.29 bits per heavy atom. The number of fused-ring (bicyclic) bond motifs is 1. The van der Waals surface area contributed by atoms with Gasteiger partial charge in [0.1, 0.15) is 17.6 Å². The predicted molar refractivity (Wildman–Crippen MR) is 88.5 cm³/mol. The Labute approximate surface area is 133 Å². The number of aryl methyl sites for hydroxylation is 1. The molecule has 0 spiro atoms. The lowest BCUT2D eigenvalue weighted by atomic mass is 10.1. The molecule has 0 saturated carbocycles. The van der Waals surface area contributed by atoms with Gasteiger partial charge in [-0.1, -0.05) is 15.9 Å². The smallest absolute Gasteiger partial charge is 0.123 e. The Balaban J connectivity index is 1.62. The Morgan fingerprint density at radius 3 is 2.90 bits per heavy atom. The van der Waals surface area contributed by atoms with Crippen molar-refractivity contribution in [3.05, 3.63) is 52.0 Å². The lowest BCUT2D eigenvalue weighted by Crippen LogP contribution is -2.24. The van der Waals surface area contributed by atoms with E-state index in [1.165, 1.54) is 11.1 Å². The van der Waals surface area contributed by atoms with Gasteiger partial charge in [0, 0.05) is 16.6 Å². The molecule has 0 bridgehead atoms. The second-order valence-corrected chi connectivity index (χ2v) is 6.17. The highest BCUT2D eigenvalue weighted by Crippen LogP contribution is 2.31. The number of ether oxygens (including phenoxy) is 2. The number of hydrogen-bond acceptors (Lipinski definition) is 3. The third-order valence-corrected chi connectivity index (χ3v) is 4.21. The summed E-state index contributed by atoms with van der Waals surface area (Å²) in [5, 5.41) is 3.46. The molecule has 0 aliphatic carbocycles. The van der Waals surface area contributed by atoms with E-state index < -0.39 is 0 Å². The van der Waals surface area contributed by atoms with Gasteiger partial charge in [0.05, 0.1) is 13.7 Å². The molecule has 21 heavy (non-hydrogen) atoms. The minimum absolute atomic E-state index is 0.177. The van der Waals surface area contributed by atoms with Crippen molar-refractivity contribution >= 4 is 21.6 Å². The molecule has 1 unspecified atom stereocenters. The molecule has 0 fully saturated rings. The average molecular weight is 348 g/mol. The highest BCUT2D eigenvalue weighted by atomic mass is 79.9. The zero-order valence-electron chi connectivity index (χ0n) is 12.2. The molecule has 1 heterocycles. The summed E-state index contributed by atoms with van der Waals surface area (Å²) in [4.78, 5) is 0. The average Bonchev–Trinajstić information content (AvgIpc) is 2.87. The number of anilines is 1. The predicted octanol–water partition coefficient (Wildman–Crippen LogP) is 4.18. The molecule has 0 amide bonds. The molecule has 1 aliphatic rings. The van der Waals surface area contributed by atoms with E-state index in [0.717, 1.165) is 34.6 Å². The van der Waals surface area contributed by atoms with Crippen molar-refractivity contribution in [3.8, 4) is 11.5 Å². The Hall–Kier alpha value is -1.68. The number of methoxy groups -OCH3 is 1. The largest absolute Gasteiger partial charge is 0.497 e. The molecule has 3 rings (SSSR count). The molecule has 1 aliphatic heterocycles. The molecule has 2 aromatic carbocycles.